The zero-order valence-electron chi connectivity index (χ0n) is 16.3. The number of halogens is 1. The lowest BCUT2D eigenvalue weighted by molar-refractivity contribution is -0.129. The maximum absolute atomic E-state index is 13.1. The second-order valence-electron chi connectivity index (χ2n) is 6.70. The lowest BCUT2D eigenvalue weighted by Crippen LogP contribution is -2.05. The zero-order valence-corrected chi connectivity index (χ0v) is 16.3. The van der Waals surface area contributed by atoms with Crippen molar-refractivity contribution in [3.63, 3.8) is 0 Å². The second-order valence-corrected chi connectivity index (χ2v) is 6.70. The van der Waals surface area contributed by atoms with Gasteiger partial charge in [-0.15, -0.1) is 0 Å². The van der Waals surface area contributed by atoms with E-state index in [-0.39, 0.29) is 17.4 Å². The number of carbonyl (C=O) groups excluding carboxylic acids is 1. The number of methoxy groups -OCH3 is 1. The van der Waals surface area contributed by atoms with Gasteiger partial charge in [0.25, 0.3) is 0 Å². The highest BCUT2D eigenvalue weighted by atomic mass is 19.1. The maximum atomic E-state index is 13.1. The van der Waals surface area contributed by atoms with Gasteiger partial charge in [0.15, 0.2) is 5.70 Å². The molecule has 5 nitrogen and oxygen atoms in total. The first-order valence-corrected chi connectivity index (χ1v) is 9.08. The van der Waals surface area contributed by atoms with Gasteiger partial charge in [-0.25, -0.2) is 14.2 Å². The van der Waals surface area contributed by atoms with Gasteiger partial charge in [-0.05, 0) is 80.1 Å². The number of carbonyl (C=O) groups is 1. The third-order valence-electron chi connectivity index (χ3n) is 4.80. The summed E-state index contributed by atoms with van der Waals surface area (Å²) in [6, 6.07) is 15.4. The molecule has 0 amide bonds. The number of benzene rings is 2. The van der Waals surface area contributed by atoms with Crippen LogP contribution in [0.25, 0.3) is 11.8 Å². The molecule has 0 bridgehead atoms. The summed E-state index contributed by atoms with van der Waals surface area (Å²) < 4.78 is 25.7. The Hall–Kier alpha value is -3.67. The van der Waals surface area contributed by atoms with Gasteiger partial charge >= 0.3 is 5.97 Å². The largest absolute Gasteiger partial charge is 0.497 e. The fourth-order valence-electron chi connectivity index (χ4n) is 3.33. The maximum Gasteiger partial charge on any atom is 0.363 e. The van der Waals surface area contributed by atoms with Gasteiger partial charge in [-0.1, -0.05) is 0 Å². The topological polar surface area (TPSA) is 52.8 Å². The van der Waals surface area contributed by atoms with Crippen molar-refractivity contribution < 1.29 is 18.7 Å². The lowest BCUT2D eigenvalue weighted by atomic mass is 10.2. The van der Waals surface area contributed by atoms with Gasteiger partial charge in [0, 0.05) is 22.6 Å². The molecular formula is C23H19FN2O3. The number of aryl methyl sites for hydroxylation is 1. The zero-order chi connectivity index (χ0) is 20.5. The summed E-state index contributed by atoms with van der Waals surface area (Å²) in [7, 11) is 1.63. The molecule has 0 fully saturated rings. The minimum absolute atomic E-state index is 0.171. The van der Waals surface area contributed by atoms with Crippen molar-refractivity contribution in [2.45, 2.75) is 13.8 Å². The van der Waals surface area contributed by atoms with E-state index < -0.39 is 5.97 Å². The molecule has 0 spiro atoms. The molecule has 4 rings (SSSR count). The van der Waals surface area contributed by atoms with Crippen LogP contribution in [0.3, 0.4) is 0 Å². The average Bonchev–Trinajstić information content (AvgIpc) is 3.22. The molecule has 0 atom stereocenters. The van der Waals surface area contributed by atoms with Crippen molar-refractivity contribution in [2.24, 2.45) is 4.99 Å². The van der Waals surface area contributed by atoms with E-state index in [0.717, 1.165) is 28.4 Å². The molecule has 2 aromatic carbocycles. The summed E-state index contributed by atoms with van der Waals surface area (Å²) in [6.45, 7) is 3.98. The Bertz CT molecular complexity index is 1140. The quantitative estimate of drug-likeness (QED) is 0.484. The van der Waals surface area contributed by atoms with E-state index in [1.165, 1.54) is 24.3 Å². The molecule has 0 N–H and O–H groups in total. The van der Waals surface area contributed by atoms with Crippen molar-refractivity contribution >= 4 is 17.9 Å². The van der Waals surface area contributed by atoms with Crippen LogP contribution in [-0.2, 0) is 9.53 Å². The van der Waals surface area contributed by atoms with Crippen LogP contribution >= 0.6 is 0 Å². The molecule has 1 aliphatic heterocycles. The SMILES string of the molecule is COc1ccc(-n2c(C)cc(/C=C3/N=C(c4ccc(F)cc4)OC3=O)c2C)cc1. The van der Waals surface area contributed by atoms with Crippen molar-refractivity contribution in [2.75, 3.05) is 7.11 Å². The van der Waals surface area contributed by atoms with Crippen molar-refractivity contribution in [3.05, 3.63) is 88.6 Å². The number of ether oxygens (including phenoxy) is 2. The molecule has 3 aromatic rings. The van der Waals surface area contributed by atoms with Crippen LogP contribution in [0.4, 0.5) is 4.39 Å². The number of cyclic esters (lactones) is 1. The Balaban J connectivity index is 1.69. The van der Waals surface area contributed by atoms with Crippen LogP contribution in [0.5, 0.6) is 5.75 Å². The first-order valence-electron chi connectivity index (χ1n) is 9.08. The van der Waals surface area contributed by atoms with E-state index >= 15 is 0 Å². The summed E-state index contributed by atoms with van der Waals surface area (Å²) in [4.78, 5) is 16.6. The fraction of sp³-hybridized carbons (Fsp3) is 0.130. The molecule has 1 aliphatic rings. The fourth-order valence-corrected chi connectivity index (χ4v) is 3.33. The van der Waals surface area contributed by atoms with Gasteiger partial charge in [0.05, 0.1) is 7.11 Å². The van der Waals surface area contributed by atoms with Gasteiger partial charge in [-0.3, -0.25) is 0 Å². The summed E-state index contributed by atoms with van der Waals surface area (Å²) in [5, 5.41) is 0. The van der Waals surface area contributed by atoms with Crippen LogP contribution in [0, 0.1) is 19.7 Å². The smallest absolute Gasteiger partial charge is 0.363 e. The molecule has 29 heavy (non-hydrogen) atoms. The van der Waals surface area contributed by atoms with Crippen molar-refractivity contribution in [1.29, 1.82) is 0 Å². The predicted octanol–water partition coefficient (Wildman–Crippen LogP) is 4.59. The van der Waals surface area contributed by atoms with E-state index in [4.69, 9.17) is 9.47 Å². The Labute approximate surface area is 167 Å². The molecule has 0 saturated heterocycles. The Kier molecular flexibility index (Phi) is 4.76. The third-order valence-corrected chi connectivity index (χ3v) is 4.80. The molecule has 6 heteroatoms. The summed E-state index contributed by atoms with van der Waals surface area (Å²) in [5.41, 5.74) is 4.61. The number of aliphatic imine (C=N–C) groups is 1. The molecule has 0 unspecified atom stereocenters. The second kappa shape index (κ2) is 7.39. The normalized spacial score (nSPS) is 14.8. The number of hydrogen-bond acceptors (Lipinski definition) is 4. The first-order chi connectivity index (χ1) is 14.0. The van der Waals surface area contributed by atoms with Crippen LogP contribution in [0.15, 0.2) is 65.3 Å². The van der Waals surface area contributed by atoms with Crippen LogP contribution in [-0.4, -0.2) is 23.5 Å². The van der Waals surface area contributed by atoms with E-state index in [9.17, 15) is 9.18 Å². The number of hydrogen-bond donors (Lipinski definition) is 0. The number of esters is 1. The number of aromatic nitrogens is 1. The molecule has 0 aliphatic carbocycles. The minimum atomic E-state index is -0.529. The highest BCUT2D eigenvalue weighted by Crippen LogP contribution is 2.26. The number of nitrogens with zero attached hydrogens (tertiary/aromatic N) is 2. The van der Waals surface area contributed by atoms with E-state index in [1.54, 1.807) is 13.2 Å². The van der Waals surface area contributed by atoms with Crippen molar-refractivity contribution in [1.82, 2.24) is 4.57 Å². The van der Waals surface area contributed by atoms with Crippen LogP contribution in [0.2, 0.25) is 0 Å². The predicted molar refractivity (Wildman–Crippen MR) is 109 cm³/mol. The third kappa shape index (κ3) is 3.57. The van der Waals surface area contributed by atoms with Crippen LogP contribution in [0.1, 0.15) is 22.5 Å². The highest BCUT2D eigenvalue weighted by Gasteiger charge is 2.25. The van der Waals surface area contributed by atoms with E-state index in [0.29, 0.717) is 5.56 Å². The first kappa shape index (κ1) is 18.7. The lowest BCUT2D eigenvalue weighted by Gasteiger charge is -2.10. The van der Waals surface area contributed by atoms with Crippen molar-refractivity contribution in [3.8, 4) is 11.4 Å². The van der Waals surface area contributed by atoms with Crippen LogP contribution < -0.4 is 4.74 Å². The summed E-state index contributed by atoms with van der Waals surface area (Å²) in [6.07, 6.45) is 1.71. The van der Waals surface area contributed by atoms with E-state index in [1.807, 2.05) is 44.2 Å². The molecule has 0 saturated carbocycles. The average molecular weight is 390 g/mol. The Morgan fingerprint density at radius 2 is 1.76 bits per heavy atom. The molecule has 0 radical (unpaired) electrons. The highest BCUT2D eigenvalue weighted by molar-refractivity contribution is 6.12. The standard InChI is InChI=1S/C23H19FN2O3/c1-14-12-17(15(2)26(14)19-8-10-20(28-3)11-9-19)13-21-23(27)29-22(25-21)16-4-6-18(24)7-5-16/h4-13H,1-3H3/b21-13+. The summed E-state index contributed by atoms with van der Waals surface area (Å²) in [5.74, 6) is 0.0686. The van der Waals surface area contributed by atoms with Gasteiger partial charge in [-0.2, -0.15) is 0 Å². The summed E-state index contributed by atoms with van der Waals surface area (Å²) >= 11 is 0. The van der Waals surface area contributed by atoms with Gasteiger partial charge < -0.3 is 14.0 Å². The molecule has 2 heterocycles. The minimum Gasteiger partial charge on any atom is -0.497 e. The van der Waals surface area contributed by atoms with E-state index in [2.05, 4.69) is 9.56 Å². The Morgan fingerprint density at radius 1 is 1.07 bits per heavy atom. The number of rotatable bonds is 4. The molecular weight excluding hydrogens is 371 g/mol. The van der Waals surface area contributed by atoms with Gasteiger partial charge in [0.1, 0.15) is 11.6 Å². The van der Waals surface area contributed by atoms with Gasteiger partial charge in [0.2, 0.25) is 5.90 Å². The molecule has 146 valence electrons. The Morgan fingerprint density at radius 3 is 2.41 bits per heavy atom. The monoisotopic (exact) mass is 390 g/mol. The molecule has 1 aromatic heterocycles.